The number of para-hydroxylation sites is 6. The molecule has 0 aliphatic heterocycles. The fourth-order valence-corrected chi connectivity index (χ4v) is 9.66. The molecule has 0 unspecified atom stereocenters. The van der Waals surface area contributed by atoms with Crippen LogP contribution in [-0.4, -0.2) is 24.1 Å². The lowest BCUT2D eigenvalue weighted by Gasteiger charge is -2.20. The highest BCUT2D eigenvalue weighted by Gasteiger charge is 2.26. The normalized spacial score (nSPS) is 12.4. The van der Waals surface area contributed by atoms with Gasteiger partial charge in [-0.3, -0.25) is 0 Å². The molecule has 8 aromatic carbocycles. The van der Waals surface area contributed by atoms with E-state index < -0.39 is 0 Å². The van der Waals surface area contributed by atoms with E-state index in [9.17, 15) is 0 Å². The van der Waals surface area contributed by atoms with Gasteiger partial charge in [-0.05, 0) is 72.8 Å². The Morgan fingerprint density at radius 2 is 0.774 bits per heavy atom. The van der Waals surface area contributed by atoms with Crippen molar-refractivity contribution in [3.05, 3.63) is 176 Å². The molecular weight excluding hydrogens is 763 g/mol. The number of rotatable bonds is 4. The third-order valence-corrected chi connectivity index (χ3v) is 12.4. The Hall–Kier alpha value is -8.03. The van der Waals surface area contributed by atoms with Crippen molar-refractivity contribution in [3.63, 3.8) is 0 Å². The van der Waals surface area contributed by atoms with Gasteiger partial charge < -0.3 is 18.0 Å². The van der Waals surface area contributed by atoms with Crippen LogP contribution in [0.5, 0.6) is 0 Å². The number of furan rings is 2. The zero-order chi connectivity index (χ0) is 41.3. The highest BCUT2D eigenvalue weighted by Crippen LogP contribution is 2.44. The van der Waals surface area contributed by atoms with Crippen LogP contribution in [-0.2, 0) is 5.41 Å². The van der Waals surface area contributed by atoms with Crippen LogP contribution in [0.25, 0.3) is 122 Å². The van der Waals surface area contributed by atoms with Crippen LogP contribution >= 0.6 is 0 Å². The van der Waals surface area contributed by atoms with Crippen molar-refractivity contribution in [1.29, 1.82) is 0 Å². The first kappa shape index (κ1) is 34.8. The maximum atomic E-state index is 6.63. The molecule has 5 heterocycles. The van der Waals surface area contributed by atoms with Gasteiger partial charge in [0.2, 0.25) is 0 Å². The van der Waals surface area contributed by atoms with Crippen LogP contribution < -0.4 is 0 Å². The Morgan fingerprint density at radius 1 is 0.371 bits per heavy atom. The van der Waals surface area contributed by atoms with E-state index in [4.69, 9.17) is 23.8 Å². The zero-order valence-electron chi connectivity index (χ0n) is 34.2. The lowest BCUT2D eigenvalue weighted by atomic mass is 9.95. The van der Waals surface area contributed by atoms with Crippen molar-refractivity contribution in [2.24, 2.45) is 0 Å². The molecule has 0 bridgehead atoms. The summed E-state index contributed by atoms with van der Waals surface area (Å²) in [6, 6.07) is 59.3. The van der Waals surface area contributed by atoms with Gasteiger partial charge in [0, 0.05) is 48.9 Å². The second kappa shape index (κ2) is 12.7. The number of nitrogens with zero attached hydrogens (tertiary/aromatic N) is 5. The first-order valence-corrected chi connectivity index (χ1v) is 21.0. The summed E-state index contributed by atoms with van der Waals surface area (Å²) in [6.07, 6.45) is 0. The van der Waals surface area contributed by atoms with Gasteiger partial charge in [0.25, 0.3) is 0 Å². The summed E-state index contributed by atoms with van der Waals surface area (Å²) in [7, 11) is 0. The summed E-state index contributed by atoms with van der Waals surface area (Å²) in [6.45, 7) is 6.47. The highest BCUT2D eigenvalue weighted by atomic mass is 16.3. The van der Waals surface area contributed by atoms with E-state index in [1.165, 1.54) is 0 Å². The maximum Gasteiger partial charge on any atom is 0.165 e. The molecule has 0 atom stereocenters. The SMILES string of the molecule is CC(C)(C)c1nc(-c2ccccc2-n2c3ccccc3c3c4oc5ccccc5c4ccc32)nc(-c2ccccc2-n2c3ccccc3c3c4oc5ccccc5c4ccc32)n1. The van der Waals surface area contributed by atoms with Gasteiger partial charge in [-0.15, -0.1) is 0 Å². The largest absolute Gasteiger partial charge is 0.455 e. The van der Waals surface area contributed by atoms with Crippen molar-refractivity contribution in [2.75, 3.05) is 0 Å². The van der Waals surface area contributed by atoms with Crippen LogP contribution in [0.1, 0.15) is 26.6 Å². The maximum absolute atomic E-state index is 6.63. The van der Waals surface area contributed by atoms with Crippen LogP contribution in [0.4, 0.5) is 0 Å². The minimum Gasteiger partial charge on any atom is -0.455 e. The zero-order valence-corrected chi connectivity index (χ0v) is 34.2. The predicted molar refractivity (Wildman–Crippen MR) is 253 cm³/mol. The minimum absolute atomic E-state index is 0.379. The molecule has 294 valence electrons. The summed E-state index contributed by atoms with van der Waals surface area (Å²) in [5, 5.41) is 8.82. The second-order valence-electron chi connectivity index (χ2n) is 17.2. The van der Waals surface area contributed by atoms with Crippen LogP contribution in [0.15, 0.2) is 179 Å². The molecule has 0 saturated heterocycles. The molecule has 13 rings (SSSR count). The van der Waals surface area contributed by atoms with Gasteiger partial charge in [0.1, 0.15) is 28.2 Å². The van der Waals surface area contributed by atoms with E-state index in [0.717, 1.165) is 110 Å². The molecule has 0 fully saturated rings. The summed E-state index contributed by atoms with van der Waals surface area (Å²) >= 11 is 0. The molecule has 0 N–H and O–H groups in total. The summed E-state index contributed by atoms with van der Waals surface area (Å²) in [4.78, 5) is 16.0. The topological polar surface area (TPSA) is 74.8 Å². The van der Waals surface area contributed by atoms with Crippen molar-refractivity contribution >= 4 is 87.5 Å². The van der Waals surface area contributed by atoms with E-state index in [-0.39, 0.29) is 5.41 Å². The van der Waals surface area contributed by atoms with Crippen molar-refractivity contribution in [3.8, 4) is 34.2 Å². The third-order valence-electron chi connectivity index (χ3n) is 12.4. The van der Waals surface area contributed by atoms with Gasteiger partial charge in [-0.2, -0.15) is 0 Å². The number of hydrogen-bond acceptors (Lipinski definition) is 5. The predicted octanol–water partition coefficient (Wildman–Crippen LogP) is 14.5. The lowest BCUT2D eigenvalue weighted by Crippen LogP contribution is -2.18. The molecular formula is C55H37N5O2. The summed E-state index contributed by atoms with van der Waals surface area (Å²) in [5.41, 5.74) is 11.1. The van der Waals surface area contributed by atoms with E-state index >= 15 is 0 Å². The molecule has 0 aliphatic carbocycles. The summed E-state index contributed by atoms with van der Waals surface area (Å²) in [5.74, 6) is 1.92. The van der Waals surface area contributed by atoms with Crippen LogP contribution in [0, 0.1) is 0 Å². The molecule has 0 radical (unpaired) electrons. The molecule has 13 aromatic rings. The van der Waals surface area contributed by atoms with E-state index in [0.29, 0.717) is 17.5 Å². The molecule has 0 aliphatic rings. The number of aromatic nitrogens is 5. The lowest BCUT2D eigenvalue weighted by molar-refractivity contribution is 0.543. The Bertz CT molecular complexity index is 3740. The molecule has 7 nitrogen and oxygen atoms in total. The molecule has 7 heteroatoms. The van der Waals surface area contributed by atoms with Gasteiger partial charge in [0.05, 0.1) is 44.2 Å². The van der Waals surface area contributed by atoms with Gasteiger partial charge in [-0.1, -0.05) is 118 Å². The quantitative estimate of drug-likeness (QED) is 0.177. The summed E-state index contributed by atoms with van der Waals surface area (Å²) < 4.78 is 17.9. The number of benzene rings is 8. The Morgan fingerprint density at radius 3 is 1.24 bits per heavy atom. The number of fused-ring (bicyclic) bond motifs is 14. The Labute approximate surface area is 355 Å². The number of hydrogen-bond donors (Lipinski definition) is 0. The fraction of sp³-hybridized carbons (Fsp3) is 0.0727. The van der Waals surface area contributed by atoms with E-state index in [1.807, 2.05) is 24.3 Å². The molecule has 5 aromatic heterocycles. The van der Waals surface area contributed by atoms with Gasteiger partial charge >= 0.3 is 0 Å². The van der Waals surface area contributed by atoms with E-state index in [2.05, 4.69) is 175 Å². The molecule has 62 heavy (non-hydrogen) atoms. The van der Waals surface area contributed by atoms with Crippen molar-refractivity contribution in [1.82, 2.24) is 24.1 Å². The Balaban J connectivity index is 1.05. The second-order valence-corrected chi connectivity index (χ2v) is 17.2. The molecule has 0 amide bonds. The van der Waals surface area contributed by atoms with E-state index in [1.54, 1.807) is 0 Å². The Kier molecular flexibility index (Phi) is 7.15. The molecule has 0 spiro atoms. The van der Waals surface area contributed by atoms with Gasteiger partial charge in [0.15, 0.2) is 11.6 Å². The minimum atomic E-state index is -0.379. The highest BCUT2D eigenvalue weighted by molar-refractivity contribution is 6.25. The van der Waals surface area contributed by atoms with Crippen molar-refractivity contribution in [2.45, 2.75) is 26.2 Å². The first-order valence-electron chi connectivity index (χ1n) is 21.0. The standard InChI is InChI=1S/C55H37N5O2/c1-55(2,3)54-57-52(38-20-6-12-24-42(38)59-40-22-10-4-18-36(40)48-44(59)30-28-34-32-16-8-14-26-46(32)61-50(34)48)56-53(58-54)39-21-7-13-25-43(39)60-41-23-11-5-19-37(41)49-45(60)31-29-35-33-17-9-15-27-47(33)62-51(35)49/h4-31H,1-3H3. The van der Waals surface area contributed by atoms with Gasteiger partial charge in [-0.25, -0.2) is 15.0 Å². The first-order chi connectivity index (χ1) is 30.4. The third kappa shape index (κ3) is 4.90. The van der Waals surface area contributed by atoms with Crippen molar-refractivity contribution < 1.29 is 8.83 Å². The fourth-order valence-electron chi connectivity index (χ4n) is 9.66. The van der Waals surface area contributed by atoms with Crippen LogP contribution in [0.2, 0.25) is 0 Å². The average Bonchev–Trinajstić information content (AvgIpc) is 4.06. The average molecular weight is 800 g/mol. The smallest absolute Gasteiger partial charge is 0.165 e. The monoisotopic (exact) mass is 799 g/mol. The van der Waals surface area contributed by atoms with Crippen LogP contribution in [0.3, 0.4) is 0 Å². The molecule has 0 saturated carbocycles.